The van der Waals surface area contributed by atoms with Gasteiger partial charge < -0.3 is 13.9 Å². The van der Waals surface area contributed by atoms with E-state index in [1.165, 1.54) is 4.90 Å². The van der Waals surface area contributed by atoms with Crippen molar-refractivity contribution in [3.63, 3.8) is 0 Å². The van der Waals surface area contributed by atoms with Crippen molar-refractivity contribution in [2.45, 2.75) is 0 Å². The maximum atomic E-state index is 13.7. The maximum Gasteiger partial charge on any atom is 0.305 e. The number of carbonyl (C=O) groups is 1. The van der Waals surface area contributed by atoms with Gasteiger partial charge in [-0.05, 0) is 48.5 Å². The summed E-state index contributed by atoms with van der Waals surface area (Å²) >= 11 is 3.43. The molecule has 2 heterocycles. The van der Waals surface area contributed by atoms with Crippen LogP contribution < -0.4 is 14.4 Å². The molecular weight excluding hydrogens is 498 g/mol. The highest BCUT2D eigenvalue weighted by Crippen LogP contribution is 2.34. The summed E-state index contributed by atoms with van der Waals surface area (Å²) < 4.78 is 17.5. The van der Waals surface area contributed by atoms with E-state index in [-0.39, 0.29) is 11.9 Å². The SMILES string of the molecule is COc1ccc(-c2cc(C(=O)N(C)c3nc4cc(Br)ccc4o3)c3ccccc3n2)cc1OC. The molecule has 5 rings (SSSR count). The van der Waals surface area contributed by atoms with Gasteiger partial charge in [-0.2, -0.15) is 4.98 Å². The monoisotopic (exact) mass is 517 g/mol. The average molecular weight is 518 g/mol. The first kappa shape index (κ1) is 21.9. The molecule has 7 nitrogen and oxygen atoms in total. The fourth-order valence-electron chi connectivity index (χ4n) is 3.80. The van der Waals surface area contributed by atoms with Gasteiger partial charge in [-0.1, -0.05) is 34.1 Å². The first-order chi connectivity index (χ1) is 16.5. The third-order valence-corrected chi connectivity index (χ3v) is 6.05. The van der Waals surface area contributed by atoms with Crippen molar-refractivity contribution in [3.8, 4) is 22.8 Å². The Morgan fingerprint density at radius 1 is 0.912 bits per heavy atom. The summed E-state index contributed by atoms with van der Waals surface area (Å²) in [5.74, 6) is 0.939. The first-order valence-electron chi connectivity index (χ1n) is 10.4. The predicted molar refractivity (Wildman–Crippen MR) is 135 cm³/mol. The van der Waals surface area contributed by atoms with Gasteiger partial charge in [0.15, 0.2) is 17.1 Å². The van der Waals surface area contributed by atoms with Crippen molar-refractivity contribution in [2.24, 2.45) is 0 Å². The minimum Gasteiger partial charge on any atom is -0.493 e. The fraction of sp³-hybridized carbons (Fsp3) is 0.115. The van der Waals surface area contributed by atoms with Crippen LogP contribution in [0.3, 0.4) is 0 Å². The summed E-state index contributed by atoms with van der Waals surface area (Å²) in [6.07, 6.45) is 0. The number of ether oxygens (including phenoxy) is 2. The average Bonchev–Trinajstić information content (AvgIpc) is 3.29. The molecule has 0 saturated carbocycles. The van der Waals surface area contributed by atoms with Crippen LogP contribution in [0.2, 0.25) is 0 Å². The second-order valence-electron chi connectivity index (χ2n) is 7.61. The van der Waals surface area contributed by atoms with Crippen LogP contribution >= 0.6 is 15.9 Å². The molecule has 3 aromatic carbocycles. The van der Waals surface area contributed by atoms with Gasteiger partial charge in [-0.3, -0.25) is 9.69 Å². The number of nitrogens with zero attached hydrogens (tertiary/aromatic N) is 3. The van der Waals surface area contributed by atoms with E-state index in [2.05, 4.69) is 20.9 Å². The molecule has 0 bridgehead atoms. The number of halogens is 1. The number of hydrogen-bond acceptors (Lipinski definition) is 6. The lowest BCUT2D eigenvalue weighted by Gasteiger charge is -2.16. The molecule has 0 radical (unpaired) electrons. The molecule has 2 aromatic heterocycles. The van der Waals surface area contributed by atoms with Crippen LogP contribution in [0.5, 0.6) is 11.5 Å². The number of rotatable bonds is 5. The largest absolute Gasteiger partial charge is 0.493 e. The number of pyridine rings is 1. The lowest BCUT2D eigenvalue weighted by atomic mass is 10.0. The van der Waals surface area contributed by atoms with Crippen LogP contribution in [0.25, 0.3) is 33.3 Å². The molecule has 34 heavy (non-hydrogen) atoms. The molecule has 1 amide bonds. The van der Waals surface area contributed by atoms with Gasteiger partial charge in [0, 0.05) is 22.5 Å². The van der Waals surface area contributed by atoms with Gasteiger partial charge in [0.25, 0.3) is 5.91 Å². The zero-order valence-electron chi connectivity index (χ0n) is 18.7. The Bertz CT molecular complexity index is 1550. The second kappa shape index (κ2) is 8.79. The second-order valence-corrected chi connectivity index (χ2v) is 8.53. The summed E-state index contributed by atoms with van der Waals surface area (Å²) in [7, 11) is 4.81. The number of hydrogen-bond donors (Lipinski definition) is 0. The highest BCUT2D eigenvalue weighted by Gasteiger charge is 2.22. The molecular formula is C26H20BrN3O4. The molecule has 0 atom stereocenters. The summed E-state index contributed by atoms with van der Waals surface area (Å²) in [6.45, 7) is 0. The number of amides is 1. The Balaban J connectivity index is 1.61. The number of para-hydroxylation sites is 1. The highest BCUT2D eigenvalue weighted by molar-refractivity contribution is 9.10. The molecule has 0 saturated heterocycles. The van der Waals surface area contributed by atoms with E-state index in [9.17, 15) is 4.79 Å². The normalized spacial score (nSPS) is 11.1. The summed E-state index contributed by atoms with van der Waals surface area (Å²) in [4.78, 5) is 24.3. The van der Waals surface area contributed by atoms with Crippen LogP contribution in [0.1, 0.15) is 10.4 Å². The van der Waals surface area contributed by atoms with Crippen molar-refractivity contribution in [2.75, 3.05) is 26.2 Å². The minimum absolute atomic E-state index is 0.215. The number of fused-ring (bicyclic) bond motifs is 2. The van der Waals surface area contributed by atoms with E-state index < -0.39 is 0 Å². The lowest BCUT2D eigenvalue weighted by Crippen LogP contribution is -2.26. The van der Waals surface area contributed by atoms with Crippen molar-refractivity contribution < 1.29 is 18.7 Å². The third kappa shape index (κ3) is 3.86. The van der Waals surface area contributed by atoms with E-state index in [4.69, 9.17) is 18.9 Å². The van der Waals surface area contributed by atoms with E-state index in [0.29, 0.717) is 39.4 Å². The number of benzene rings is 3. The van der Waals surface area contributed by atoms with Gasteiger partial charge in [0.05, 0.1) is 31.0 Å². The lowest BCUT2D eigenvalue weighted by molar-refractivity contribution is 0.0990. The number of methoxy groups -OCH3 is 2. The number of anilines is 1. The van der Waals surface area contributed by atoms with Crippen LogP contribution in [0, 0.1) is 0 Å². The fourth-order valence-corrected chi connectivity index (χ4v) is 4.14. The van der Waals surface area contributed by atoms with Gasteiger partial charge in [0.2, 0.25) is 0 Å². The zero-order valence-corrected chi connectivity index (χ0v) is 20.3. The molecule has 0 unspecified atom stereocenters. The third-order valence-electron chi connectivity index (χ3n) is 5.56. The molecule has 0 aliphatic rings. The van der Waals surface area contributed by atoms with E-state index in [0.717, 1.165) is 15.4 Å². The van der Waals surface area contributed by atoms with Crippen molar-refractivity contribution >= 4 is 49.9 Å². The molecule has 170 valence electrons. The van der Waals surface area contributed by atoms with Crippen molar-refractivity contribution in [3.05, 3.63) is 76.8 Å². The number of carbonyl (C=O) groups excluding carboxylic acids is 1. The first-order valence-corrected chi connectivity index (χ1v) is 11.2. The molecule has 8 heteroatoms. The van der Waals surface area contributed by atoms with Gasteiger partial charge in [-0.25, -0.2) is 4.98 Å². The molecule has 0 spiro atoms. The summed E-state index contributed by atoms with van der Waals surface area (Å²) in [6, 6.07) is 20.6. The quantitative estimate of drug-likeness (QED) is 0.280. The molecule has 5 aromatic rings. The van der Waals surface area contributed by atoms with E-state index >= 15 is 0 Å². The Kier molecular flexibility index (Phi) is 5.67. The Labute approximate surface area is 204 Å². The van der Waals surface area contributed by atoms with Crippen LogP contribution in [0.15, 0.2) is 75.6 Å². The van der Waals surface area contributed by atoms with Crippen LogP contribution in [-0.4, -0.2) is 37.1 Å². The van der Waals surface area contributed by atoms with E-state index in [1.54, 1.807) is 27.3 Å². The number of aromatic nitrogens is 2. The smallest absolute Gasteiger partial charge is 0.305 e. The highest BCUT2D eigenvalue weighted by atomic mass is 79.9. The van der Waals surface area contributed by atoms with Gasteiger partial charge >= 0.3 is 6.01 Å². The van der Waals surface area contributed by atoms with Crippen LogP contribution in [0.4, 0.5) is 6.01 Å². The van der Waals surface area contributed by atoms with Crippen molar-refractivity contribution in [1.29, 1.82) is 0 Å². The minimum atomic E-state index is -0.258. The zero-order chi connectivity index (χ0) is 23.8. The number of oxazole rings is 1. The summed E-state index contributed by atoms with van der Waals surface area (Å²) in [5.41, 5.74) is 3.89. The molecule has 0 fully saturated rings. The van der Waals surface area contributed by atoms with Gasteiger partial charge in [0.1, 0.15) is 5.52 Å². The standard InChI is InChI=1S/C26H20BrN3O4/c1-30(26-29-21-13-16(27)9-11-22(21)34-26)25(31)18-14-20(28-19-7-5-4-6-17(18)19)15-8-10-23(32-2)24(12-15)33-3/h4-14H,1-3H3. The molecule has 0 aliphatic carbocycles. The topological polar surface area (TPSA) is 77.7 Å². The van der Waals surface area contributed by atoms with E-state index in [1.807, 2.05) is 60.7 Å². The predicted octanol–water partition coefficient (Wildman–Crippen LogP) is 6.10. The maximum absolute atomic E-state index is 13.7. The van der Waals surface area contributed by atoms with Gasteiger partial charge in [-0.15, -0.1) is 0 Å². The Morgan fingerprint density at radius 2 is 1.71 bits per heavy atom. The molecule has 0 N–H and O–H groups in total. The Morgan fingerprint density at radius 3 is 2.50 bits per heavy atom. The van der Waals surface area contributed by atoms with Crippen molar-refractivity contribution in [1.82, 2.24) is 9.97 Å². The van der Waals surface area contributed by atoms with Crippen LogP contribution in [-0.2, 0) is 0 Å². The Hall–Kier alpha value is -3.91. The summed E-state index contributed by atoms with van der Waals surface area (Å²) in [5, 5.41) is 0.738. The molecule has 0 aliphatic heterocycles.